The van der Waals surface area contributed by atoms with Crippen LogP contribution < -0.4 is 5.32 Å². The number of thiophene rings is 1. The van der Waals surface area contributed by atoms with Crippen LogP contribution in [-0.4, -0.2) is 9.97 Å². The van der Waals surface area contributed by atoms with Crippen molar-refractivity contribution >= 4 is 44.7 Å². The highest BCUT2D eigenvalue weighted by molar-refractivity contribution is 7.17. The highest BCUT2D eigenvalue weighted by Crippen LogP contribution is 2.40. The van der Waals surface area contributed by atoms with E-state index in [9.17, 15) is 0 Å². The Balaban J connectivity index is 1.63. The third kappa shape index (κ3) is 3.41. The van der Waals surface area contributed by atoms with Gasteiger partial charge in [-0.2, -0.15) is 0 Å². The van der Waals surface area contributed by atoms with Crippen molar-refractivity contribution in [2.75, 3.05) is 5.32 Å². The van der Waals surface area contributed by atoms with Gasteiger partial charge in [-0.3, -0.25) is 0 Å². The minimum absolute atomic E-state index is 0.708. The molecular formula is C24H22ClN3S. The lowest BCUT2D eigenvalue weighted by Gasteiger charge is -2.17. The number of nitrogens with one attached hydrogen (secondary N) is 1. The normalized spacial score (nSPS) is 13.5. The number of hydrogen-bond donors (Lipinski definition) is 1. The van der Waals surface area contributed by atoms with Crippen LogP contribution in [0.5, 0.6) is 0 Å². The van der Waals surface area contributed by atoms with Crippen LogP contribution in [0.15, 0.2) is 42.0 Å². The minimum Gasteiger partial charge on any atom is -0.338 e. The summed E-state index contributed by atoms with van der Waals surface area (Å²) in [6.45, 7) is 4.12. The smallest absolute Gasteiger partial charge is 0.143 e. The number of anilines is 2. The SMILES string of the molecule is Cc1cc(C)c(Nc2ncnc3scc(-c4ccc5c(c4)CCCC5)c23)c(Cl)c1. The molecule has 2 heterocycles. The van der Waals surface area contributed by atoms with Crippen LogP contribution in [-0.2, 0) is 12.8 Å². The van der Waals surface area contributed by atoms with Crippen LogP contribution in [0.4, 0.5) is 11.5 Å². The lowest BCUT2D eigenvalue weighted by atomic mass is 9.89. The van der Waals surface area contributed by atoms with Gasteiger partial charge in [0.2, 0.25) is 0 Å². The standard InChI is InChI=1S/C24H22ClN3S/c1-14-9-15(2)22(20(25)10-14)28-23-21-19(12-29-24(21)27-13-26-23)18-8-7-16-5-3-4-6-17(16)11-18/h7-13H,3-6H2,1-2H3,(H,26,27,28). The molecule has 1 aliphatic rings. The Labute approximate surface area is 179 Å². The van der Waals surface area contributed by atoms with Gasteiger partial charge in [0.15, 0.2) is 0 Å². The fraction of sp³-hybridized carbons (Fsp3) is 0.250. The molecule has 0 spiro atoms. The molecule has 0 radical (unpaired) electrons. The van der Waals surface area contributed by atoms with Crippen molar-refractivity contribution in [1.82, 2.24) is 9.97 Å². The van der Waals surface area contributed by atoms with Gasteiger partial charge >= 0.3 is 0 Å². The fourth-order valence-electron chi connectivity index (χ4n) is 4.28. The zero-order chi connectivity index (χ0) is 20.0. The van der Waals surface area contributed by atoms with E-state index in [0.29, 0.717) is 5.02 Å². The quantitative estimate of drug-likeness (QED) is 0.380. The fourth-order valence-corrected chi connectivity index (χ4v) is 5.56. The largest absolute Gasteiger partial charge is 0.338 e. The van der Waals surface area contributed by atoms with Gasteiger partial charge in [0.1, 0.15) is 17.0 Å². The minimum atomic E-state index is 0.708. The van der Waals surface area contributed by atoms with Crippen molar-refractivity contribution in [2.24, 2.45) is 0 Å². The van der Waals surface area contributed by atoms with Gasteiger partial charge in [-0.1, -0.05) is 35.9 Å². The van der Waals surface area contributed by atoms with E-state index in [2.05, 4.69) is 58.8 Å². The van der Waals surface area contributed by atoms with Gasteiger partial charge in [0, 0.05) is 10.9 Å². The summed E-state index contributed by atoms with van der Waals surface area (Å²) in [4.78, 5) is 10.1. The van der Waals surface area contributed by atoms with Crippen molar-refractivity contribution in [3.63, 3.8) is 0 Å². The summed E-state index contributed by atoms with van der Waals surface area (Å²) < 4.78 is 0. The molecule has 4 aromatic rings. The zero-order valence-corrected chi connectivity index (χ0v) is 18.1. The molecule has 146 valence electrons. The first kappa shape index (κ1) is 18.6. The molecule has 1 N–H and O–H groups in total. The van der Waals surface area contributed by atoms with Crippen LogP contribution in [0.2, 0.25) is 5.02 Å². The summed E-state index contributed by atoms with van der Waals surface area (Å²) in [5.74, 6) is 0.804. The monoisotopic (exact) mass is 419 g/mol. The topological polar surface area (TPSA) is 37.8 Å². The van der Waals surface area contributed by atoms with Crippen LogP contribution in [0, 0.1) is 13.8 Å². The van der Waals surface area contributed by atoms with Crippen LogP contribution in [0.3, 0.4) is 0 Å². The first-order valence-electron chi connectivity index (χ1n) is 9.98. The van der Waals surface area contributed by atoms with Crippen molar-refractivity contribution in [2.45, 2.75) is 39.5 Å². The molecule has 0 unspecified atom stereocenters. The number of benzene rings is 2. The molecule has 2 aromatic heterocycles. The molecule has 0 atom stereocenters. The van der Waals surface area contributed by atoms with Crippen molar-refractivity contribution in [3.8, 4) is 11.1 Å². The van der Waals surface area contributed by atoms with Gasteiger partial charge in [0.05, 0.1) is 16.1 Å². The molecule has 3 nitrogen and oxygen atoms in total. The Kier molecular flexibility index (Phi) is 4.76. The second kappa shape index (κ2) is 7.43. The summed E-state index contributed by atoms with van der Waals surface area (Å²) in [6, 6.07) is 11.0. The van der Waals surface area contributed by atoms with Gasteiger partial charge in [0.25, 0.3) is 0 Å². The Morgan fingerprint density at radius 1 is 1.00 bits per heavy atom. The summed E-state index contributed by atoms with van der Waals surface area (Å²) >= 11 is 8.20. The molecule has 0 bridgehead atoms. The van der Waals surface area contributed by atoms with E-state index in [4.69, 9.17) is 11.6 Å². The average Bonchev–Trinajstić information content (AvgIpc) is 3.15. The first-order chi connectivity index (χ1) is 14.1. The van der Waals surface area contributed by atoms with Gasteiger partial charge < -0.3 is 5.32 Å². The predicted molar refractivity (Wildman–Crippen MR) is 124 cm³/mol. The number of halogens is 1. The maximum Gasteiger partial charge on any atom is 0.143 e. The number of nitrogens with zero attached hydrogens (tertiary/aromatic N) is 2. The van der Waals surface area contributed by atoms with Gasteiger partial charge in [-0.05, 0) is 73.4 Å². The third-order valence-electron chi connectivity index (χ3n) is 5.70. The van der Waals surface area contributed by atoms with E-state index in [1.54, 1.807) is 17.7 Å². The van der Waals surface area contributed by atoms with E-state index < -0.39 is 0 Å². The van der Waals surface area contributed by atoms with Crippen LogP contribution in [0.1, 0.15) is 35.1 Å². The van der Waals surface area contributed by atoms with Gasteiger partial charge in [-0.25, -0.2) is 9.97 Å². The number of aryl methyl sites for hydroxylation is 4. The molecule has 0 fully saturated rings. The molecule has 1 aliphatic carbocycles. The van der Waals surface area contributed by atoms with Crippen LogP contribution >= 0.6 is 22.9 Å². The van der Waals surface area contributed by atoms with Crippen LogP contribution in [0.25, 0.3) is 21.3 Å². The summed E-state index contributed by atoms with van der Waals surface area (Å²) in [5.41, 5.74) is 8.56. The van der Waals surface area contributed by atoms with E-state index in [-0.39, 0.29) is 0 Å². The average molecular weight is 420 g/mol. The van der Waals surface area contributed by atoms with E-state index >= 15 is 0 Å². The van der Waals surface area contributed by atoms with E-state index in [1.807, 2.05) is 6.07 Å². The number of fused-ring (bicyclic) bond motifs is 2. The zero-order valence-electron chi connectivity index (χ0n) is 16.6. The molecule has 0 aliphatic heterocycles. The summed E-state index contributed by atoms with van der Waals surface area (Å²) in [7, 11) is 0. The molecule has 0 saturated heterocycles. The van der Waals surface area contributed by atoms with E-state index in [1.165, 1.54) is 47.9 Å². The van der Waals surface area contributed by atoms with Crippen molar-refractivity contribution in [1.29, 1.82) is 0 Å². The number of hydrogen-bond acceptors (Lipinski definition) is 4. The van der Waals surface area contributed by atoms with Crippen molar-refractivity contribution in [3.05, 3.63) is 69.3 Å². The second-order valence-electron chi connectivity index (χ2n) is 7.81. The lowest BCUT2D eigenvalue weighted by molar-refractivity contribution is 0.686. The highest BCUT2D eigenvalue weighted by Gasteiger charge is 2.17. The third-order valence-corrected chi connectivity index (χ3v) is 6.89. The summed E-state index contributed by atoms with van der Waals surface area (Å²) in [6.07, 6.45) is 6.57. The summed E-state index contributed by atoms with van der Waals surface area (Å²) in [5, 5.41) is 7.45. The van der Waals surface area contributed by atoms with Crippen molar-refractivity contribution < 1.29 is 0 Å². The Bertz CT molecular complexity index is 1210. The number of aromatic nitrogens is 2. The number of rotatable bonds is 3. The molecular weight excluding hydrogens is 398 g/mol. The second-order valence-corrected chi connectivity index (χ2v) is 9.07. The predicted octanol–water partition coefficient (Wildman–Crippen LogP) is 7.25. The highest BCUT2D eigenvalue weighted by atomic mass is 35.5. The lowest BCUT2D eigenvalue weighted by Crippen LogP contribution is -2.02. The molecule has 5 heteroatoms. The molecule has 0 amide bonds. The van der Waals surface area contributed by atoms with E-state index in [0.717, 1.165) is 32.8 Å². The van der Waals surface area contributed by atoms with Gasteiger partial charge in [-0.15, -0.1) is 11.3 Å². The first-order valence-corrected chi connectivity index (χ1v) is 11.2. The maximum atomic E-state index is 6.54. The molecule has 29 heavy (non-hydrogen) atoms. The maximum absolute atomic E-state index is 6.54. The Hall–Kier alpha value is -2.43. The molecule has 5 rings (SSSR count). The Morgan fingerprint density at radius 2 is 1.83 bits per heavy atom. The molecule has 0 saturated carbocycles. The Morgan fingerprint density at radius 3 is 2.66 bits per heavy atom. The molecule has 2 aromatic carbocycles.